The minimum atomic E-state index is -1.20. The number of phenolic OH excluding ortho intramolecular Hbond substituents is 1. The van der Waals surface area contributed by atoms with E-state index < -0.39 is 18.1 Å². The van der Waals surface area contributed by atoms with E-state index in [1.54, 1.807) is 24.3 Å². The highest BCUT2D eigenvalue weighted by Gasteiger charge is 2.29. The van der Waals surface area contributed by atoms with Crippen LogP contribution in [0.3, 0.4) is 0 Å². The average Bonchev–Trinajstić information content (AvgIpc) is 3.25. The number of rotatable bonds is 8. The van der Waals surface area contributed by atoms with Crippen molar-refractivity contribution in [3.63, 3.8) is 0 Å². The van der Waals surface area contributed by atoms with E-state index in [-0.39, 0.29) is 30.5 Å². The van der Waals surface area contributed by atoms with Gasteiger partial charge in [0, 0.05) is 23.5 Å². The highest BCUT2D eigenvalue weighted by atomic mass is 16.5. The number of carbonyl (C=O) groups excluding carboxylic acids is 2. The molecule has 0 saturated heterocycles. The first-order valence-electron chi connectivity index (χ1n) is 12.2. The second kappa shape index (κ2) is 10.6. The fraction of sp³-hybridized carbons (Fsp3) is 0.129. The summed E-state index contributed by atoms with van der Waals surface area (Å²) in [5.74, 6) is -1.47. The zero-order valence-corrected chi connectivity index (χ0v) is 20.3. The van der Waals surface area contributed by atoms with Crippen LogP contribution in [0.4, 0.5) is 4.79 Å². The van der Waals surface area contributed by atoms with Crippen LogP contribution < -0.4 is 5.32 Å². The molecule has 0 heterocycles. The third-order valence-electron chi connectivity index (χ3n) is 6.72. The Hall–Kier alpha value is -4.91. The number of ether oxygens (including phenoxy) is 1. The summed E-state index contributed by atoms with van der Waals surface area (Å²) in [5.41, 5.74) is 5.84. The maximum atomic E-state index is 12.6. The number of nitrogens with one attached hydrogen (secondary N) is 1. The standard InChI is InChI=1S/C31H25NO6/c33-22-15-13-21(14-16-22)29(34)20-11-9-19(10-12-20)17-28(30(35)36)32-31(37)38-18-27-25-7-3-1-5-23(25)24-6-2-4-8-26(24)27/h1-16,27-28,33H,17-18H2,(H,32,37)(H,35,36)/t28-/m0/s1. The van der Waals surface area contributed by atoms with Gasteiger partial charge in [-0.2, -0.15) is 0 Å². The van der Waals surface area contributed by atoms with Gasteiger partial charge in [-0.1, -0.05) is 72.8 Å². The zero-order chi connectivity index (χ0) is 26.6. The first kappa shape index (κ1) is 24.8. The van der Waals surface area contributed by atoms with Crippen LogP contribution in [0.2, 0.25) is 0 Å². The van der Waals surface area contributed by atoms with E-state index in [4.69, 9.17) is 4.74 Å². The fourth-order valence-corrected chi connectivity index (χ4v) is 4.79. The summed E-state index contributed by atoms with van der Waals surface area (Å²) in [6, 6.07) is 27.2. The third kappa shape index (κ3) is 5.13. The van der Waals surface area contributed by atoms with Crippen molar-refractivity contribution in [3.05, 3.63) is 125 Å². The van der Waals surface area contributed by atoms with Crippen molar-refractivity contribution in [2.75, 3.05) is 6.61 Å². The summed E-state index contributed by atoms with van der Waals surface area (Å²) in [7, 11) is 0. The molecule has 3 N–H and O–H groups in total. The number of hydrogen-bond acceptors (Lipinski definition) is 5. The molecule has 4 aromatic rings. The van der Waals surface area contributed by atoms with E-state index in [0.717, 1.165) is 22.3 Å². The van der Waals surface area contributed by atoms with Gasteiger partial charge in [-0.15, -0.1) is 0 Å². The molecule has 5 rings (SSSR count). The molecule has 0 bridgehead atoms. The van der Waals surface area contributed by atoms with Gasteiger partial charge in [0.15, 0.2) is 5.78 Å². The molecule has 4 aromatic carbocycles. The lowest BCUT2D eigenvalue weighted by atomic mass is 9.98. The van der Waals surface area contributed by atoms with Gasteiger partial charge >= 0.3 is 12.1 Å². The molecule has 1 atom stereocenters. The Morgan fingerprint density at radius 2 is 1.29 bits per heavy atom. The van der Waals surface area contributed by atoms with Crippen LogP contribution >= 0.6 is 0 Å². The monoisotopic (exact) mass is 507 g/mol. The summed E-state index contributed by atoms with van der Waals surface area (Å²) >= 11 is 0. The van der Waals surface area contributed by atoms with Crippen molar-refractivity contribution in [1.29, 1.82) is 0 Å². The van der Waals surface area contributed by atoms with Crippen LogP contribution in [0.5, 0.6) is 5.75 Å². The molecule has 0 radical (unpaired) electrons. The number of carboxylic acid groups (broad SMARTS) is 1. The molecule has 0 fully saturated rings. The normalized spacial score (nSPS) is 12.7. The molecule has 190 valence electrons. The van der Waals surface area contributed by atoms with Crippen molar-refractivity contribution in [1.82, 2.24) is 5.32 Å². The maximum absolute atomic E-state index is 12.6. The summed E-state index contributed by atoms with van der Waals surface area (Å²) in [6.07, 6.45) is -0.786. The number of fused-ring (bicyclic) bond motifs is 3. The summed E-state index contributed by atoms with van der Waals surface area (Å²) in [4.78, 5) is 37.1. The first-order valence-corrected chi connectivity index (χ1v) is 12.2. The summed E-state index contributed by atoms with van der Waals surface area (Å²) < 4.78 is 5.49. The van der Waals surface area contributed by atoms with Gasteiger partial charge in [0.2, 0.25) is 0 Å². The van der Waals surface area contributed by atoms with Gasteiger partial charge in [-0.3, -0.25) is 4.79 Å². The van der Waals surface area contributed by atoms with Crippen molar-refractivity contribution in [2.45, 2.75) is 18.4 Å². The Balaban J connectivity index is 1.21. The molecule has 0 unspecified atom stereocenters. The topological polar surface area (TPSA) is 113 Å². The lowest BCUT2D eigenvalue weighted by molar-refractivity contribution is -0.139. The smallest absolute Gasteiger partial charge is 0.407 e. The summed E-state index contributed by atoms with van der Waals surface area (Å²) in [5, 5.41) is 21.6. The molecule has 38 heavy (non-hydrogen) atoms. The maximum Gasteiger partial charge on any atom is 0.407 e. The highest BCUT2D eigenvalue weighted by molar-refractivity contribution is 6.09. The number of carbonyl (C=O) groups is 3. The van der Waals surface area contributed by atoms with E-state index in [1.807, 2.05) is 48.5 Å². The van der Waals surface area contributed by atoms with E-state index >= 15 is 0 Å². The molecule has 7 nitrogen and oxygen atoms in total. The molecule has 0 saturated carbocycles. The molecular weight excluding hydrogens is 482 g/mol. The first-order chi connectivity index (χ1) is 18.4. The lowest BCUT2D eigenvalue weighted by Gasteiger charge is -2.17. The average molecular weight is 508 g/mol. The fourth-order valence-electron chi connectivity index (χ4n) is 4.79. The number of benzene rings is 4. The van der Waals surface area contributed by atoms with Gasteiger partial charge in [0.25, 0.3) is 0 Å². The quantitative estimate of drug-likeness (QED) is 0.284. The largest absolute Gasteiger partial charge is 0.508 e. The zero-order valence-electron chi connectivity index (χ0n) is 20.3. The number of aromatic hydroxyl groups is 1. The van der Waals surface area contributed by atoms with E-state index in [1.165, 1.54) is 24.3 Å². The second-order valence-corrected chi connectivity index (χ2v) is 9.14. The number of aliphatic carboxylic acids is 1. The Morgan fingerprint density at radius 3 is 1.84 bits per heavy atom. The van der Waals surface area contributed by atoms with Crippen molar-refractivity contribution < 1.29 is 29.3 Å². The Kier molecular flexibility index (Phi) is 6.91. The van der Waals surface area contributed by atoms with Crippen molar-refractivity contribution in [3.8, 4) is 16.9 Å². The Labute approximate surface area is 219 Å². The summed E-state index contributed by atoms with van der Waals surface area (Å²) in [6.45, 7) is 0.0836. The van der Waals surface area contributed by atoms with E-state index in [0.29, 0.717) is 16.7 Å². The van der Waals surface area contributed by atoms with Gasteiger partial charge in [-0.05, 0) is 52.1 Å². The number of phenols is 1. The predicted octanol–water partition coefficient (Wildman–Crippen LogP) is 5.16. The molecule has 0 aliphatic heterocycles. The van der Waals surface area contributed by atoms with E-state index in [2.05, 4.69) is 5.32 Å². The molecule has 1 amide bonds. The third-order valence-corrected chi connectivity index (χ3v) is 6.72. The predicted molar refractivity (Wildman–Crippen MR) is 141 cm³/mol. The van der Waals surface area contributed by atoms with Gasteiger partial charge < -0.3 is 20.3 Å². The molecule has 1 aliphatic carbocycles. The molecule has 0 spiro atoms. The van der Waals surface area contributed by atoms with E-state index in [9.17, 15) is 24.6 Å². The van der Waals surface area contributed by atoms with Crippen LogP contribution in [0.25, 0.3) is 11.1 Å². The van der Waals surface area contributed by atoms with Crippen LogP contribution in [0, 0.1) is 0 Å². The minimum absolute atomic E-state index is 0.0210. The van der Waals surface area contributed by atoms with Crippen LogP contribution in [-0.2, 0) is 16.0 Å². The molecular formula is C31H25NO6. The van der Waals surface area contributed by atoms with Crippen LogP contribution in [0.15, 0.2) is 97.1 Å². The number of ketones is 1. The Morgan fingerprint density at radius 1 is 0.763 bits per heavy atom. The lowest BCUT2D eigenvalue weighted by Crippen LogP contribution is -2.42. The SMILES string of the molecule is O=C(N[C@@H](Cc1ccc(C(=O)c2ccc(O)cc2)cc1)C(=O)O)OCC1c2ccccc2-c2ccccc21. The number of alkyl carbamates (subject to hydrolysis) is 1. The van der Waals surface area contributed by atoms with Crippen LogP contribution in [-0.4, -0.2) is 40.7 Å². The Bertz CT molecular complexity index is 1450. The van der Waals surface area contributed by atoms with Crippen LogP contribution in [0.1, 0.15) is 38.5 Å². The van der Waals surface area contributed by atoms with Crippen molar-refractivity contribution >= 4 is 17.8 Å². The highest BCUT2D eigenvalue weighted by Crippen LogP contribution is 2.44. The molecule has 7 heteroatoms. The number of carboxylic acids is 1. The van der Waals surface area contributed by atoms with Crippen molar-refractivity contribution in [2.24, 2.45) is 0 Å². The number of hydrogen-bond donors (Lipinski definition) is 3. The molecule has 0 aromatic heterocycles. The van der Waals surface area contributed by atoms with Gasteiger partial charge in [0.05, 0.1) is 0 Å². The van der Waals surface area contributed by atoms with Gasteiger partial charge in [0.1, 0.15) is 18.4 Å². The number of amides is 1. The van der Waals surface area contributed by atoms with Gasteiger partial charge in [-0.25, -0.2) is 9.59 Å². The minimum Gasteiger partial charge on any atom is -0.508 e. The molecule has 1 aliphatic rings. The second-order valence-electron chi connectivity index (χ2n) is 9.14.